The molecule has 9 nitrogen and oxygen atoms in total. The maximum Gasteiger partial charge on any atom is 0.322 e. The van der Waals surface area contributed by atoms with Crippen LogP contribution in [0.25, 0.3) is 11.5 Å². The first-order chi connectivity index (χ1) is 12.1. The first-order valence-electron chi connectivity index (χ1n) is 7.11. The molecular weight excluding hydrogens is 328 g/mol. The third-order valence-electron chi connectivity index (χ3n) is 3.32. The summed E-state index contributed by atoms with van der Waals surface area (Å²) in [6.07, 6.45) is 0. The molecule has 0 bridgehead atoms. The molecule has 0 aliphatic rings. The largest absolute Gasteiger partial charge is 0.496 e. The van der Waals surface area contributed by atoms with Gasteiger partial charge in [-0.2, -0.15) is 0 Å². The van der Waals surface area contributed by atoms with Gasteiger partial charge in [0.15, 0.2) is 0 Å². The zero-order valence-electron chi connectivity index (χ0n) is 13.0. The monoisotopic (exact) mass is 340 g/mol. The summed E-state index contributed by atoms with van der Waals surface area (Å²) in [7, 11) is 1.46. The molecule has 0 saturated carbocycles. The van der Waals surface area contributed by atoms with Gasteiger partial charge in [0, 0.05) is 17.7 Å². The van der Waals surface area contributed by atoms with Crippen molar-refractivity contribution in [2.75, 3.05) is 12.4 Å². The quantitative estimate of drug-likeness (QED) is 0.560. The molecule has 2 aromatic carbocycles. The SMILES string of the molecule is COc1ccccc1C(=O)Nc1nnc(-c2ccc([N+](=O)[O-])cc2)o1. The lowest BCUT2D eigenvalue weighted by atomic mass is 10.2. The molecule has 25 heavy (non-hydrogen) atoms. The number of para-hydroxylation sites is 1. The van der Waals surface area contributed by atoms with Crippen LogP contribution in [0.5, 0.6) is 5.75 Å². The minimum atomic E-state index is -0.503. The topological polar surface area (TPSA) is 120 Å². The summed E-state index contributed by atoms with van der Waals surface area (Å²) < 4.78 is 10.5. The minimum Gasteiger partial charge on any atom is -0.496 e. The van der Waals surface area contributed by atoms with Crippen LogP contribution in [0.2, 0.25) is 0 Å². The molecule has 9 heteroatoms. The number of amides is 1. The predicted octanol–water partition coefficient (Wildman–Crippen LogP) is 2.91. The minimum absolute atomic E-state index is 0.0482. The molecule has 0 radical (unpaired) electrons. The maximum absolute atomic E-state index is 12.3. The van der Waals surface area contributed by atoms with Gasteiger partial charge in [-0.1, -0.05) is 17.2 Å². The third kappa shape index (κ3) is 3.44. The van der Waals surface area contributed by atoms with Gasteiger partial charge < -0.3 is 9.15 Å². The number of carbonyl (C=O) groups excluding carboxylic acids is 1. The zero-order chi connectivity index (χ0) is 17.8. The van der Waals surface area contributed by atoms with Crippen molar-refractivity contribution in [1.82, 2.24) is 10.2 Å². The molecule has 0 spiro atoms. The second-order valence-corrected chi connectivity index (χ2v) is 4.87. The summed E-state index contributed by atoms with van der Waals surface area (Å²) >= 11 is 0. The fourth-order valence-electron chi connectivity index (χ4n) is 2.11. The smallest absolute Gasteiger partial charge is 0.322 e. The second kappa shape index (κ2) is 6.79. The lowest BCUT2D eigenvalue weighted by Crippen LogP contribution is -2.13. The van der Waals surface area contributed by atoms with Crippen LogP contribution in [0.3, 0.4) is 0 Å². The number of anilines is 1. The van der Waals surface area contributed by atoms with Crippen LogP contribution in [0.15, 0.2) is 52.9 Å². The maximum atomic E-state index is 12.3. The van der Waals surface area contributed by atoms with E-state index >= 15 is 0 Å². The van der Waals surface area contributed by atoms with Crippen LogP contribution < -0.4 is 10.1 Å². The molecule has 1 N–H and O–H groups in total. The van der Waals surface area contributed by atoms with Crippen LogP contribution in [0.4, 0.5) is 11.7 Å². The highest BCUT2D eigenvalue weighted by Crippen LogP contribution is 2.23. The fourth-order valence-corrected chi connectivity index (χ4v) is 2.11. The van der Waals surface area contributed by atoms with E-state index in [0.717, 1.165) is 0 Å². The average molecular weight is 340 g/mol. The molecular formula is C16H12N4O5. The van der Waals surface area contributed by atoms with Gasteiger partial charge in [0.05, 0.1) is 17.6 Å². The van der Waals surface area contributed by atoms with Gasteiger partial charge in [-0.05, 0) is 24.3 Å². The third-order valence-corrected chi connectivity index (χ3v) is 3.32. The van der Waals surface area contributed by atoms with Gasteiger partial charge in [-0.3, -0.25) is 20.2 Å². The van der Waals surface area contributed by atoms with E-state index in [1.54, 1.807) is 24.3 Å². The van der Waals surface area contributed by atoms with Crippen molar-refractivity contribution in [2.45, 2.75) is 0 Å². The zero-order valence-corrected chi connectivity index (χ0v) is 13.0. The Labute approximate surface area is 141 Å². The van der Waals surface area contributed by atoms with Crippen LogP contribution in [0, 0.1) is 10.1 Å². The number of nitro benzene ring substituents is 1. The van der Waals surface area contributed by atoms with E-state index in [9.17, 15) is 14.9 Å². The molecule has 3 aromatic rings. The number of methoxy groups -OCH3 is 1. The number of ether oxygens (including phenoxy) is 1. The number of non-ortho nitro benzene ring substituents is 1. The van der Waals surface area contributed by atoms with Crippen LogP contribution in [0.1, 0.15) is 10.4 Å². The number of aromatic nitrogens is 2. The molecule has 1 aromatic heterocycles. The summed E-state index contributed by atoms with van der Waals surface area (Å²) in [5, 5.41) is 20.7. The van der Waals surface area contributed by atoms with Gasteiger partial charge in [0.25, 0.3) is 11.6 Å². The van der Waals surface area contributed by atoms with Crippen molar-refractivity contribution >= 4 is 17.6 Å². The molecule has 3 rings (SSSR count). The van der Waals surface area contributed by atoms with E-state index < -0.39 is 10.8 Å². The van der Waals surface area contributed by atoms with Crippen molar-refractivity contribution < 1.29 is 18.9 Å². The van der Waals surface area contributed by atoms with E-state index in [4.69, 9.17) is 9.15 Å². The van der Waals surface area contributed by atoms with Crippen LogP contribution >= 0.6 is 0 Å². The summed E-state index contributed by atoms with van der Waals surface area (Å²) in [6.45, 7) is 0. The first kappa shape index (κ1) is 16.1. The Morgan fingerprint density at radius 2 is 1.88 bits per heavy atom. The highest BCUT2D eigenvalue weighted by Gasteiger charge is 2.16. The molecule has 0 aliphatic heterocycles. The fraction of sp³-hybridized carbons (Fsp3) is 0.0625. The Kier molecular flexibility index (Phi) is 4.38. The Morgan fingerprint density at radius 1 is 1.16 bits per heavy atom. The Bertz CT molecular complexity index is 920. The highest BCUT2D eigenvalue weighted by atomic mass is 16.6. The number of nitrogens with zero attached hydrogens (tertiary/aromatic N) is 3. The van der Waals surface area contributed by atoms with Gasteiger partial charge in [-0.15, -0.1) is 5.10 Å². The van der Waals surface area contributed by atoms with E-state index in [0.29, 0.717) is 16.9 Å². The molecule has 126 valence electrons. The number of benzene rings is 2. The summed E-state index contributed by atoms with van der Waals surface area (Å²) in [6, 6.07) is 12.2. The van der Waals surface area contributed by atoms with Crippen molar-refractivity contribution in [3.63, 3.8) is 0 Å². The summed E-state index contributed by atoms with van der Waals surface area (Å²) in [5.41, 5.74) is 0.768. The Balaban J connectivity index is 1.77. The number of hydrogen-bond acceptors (Lipinski definition) is 7. The van der Waals surface area contributed by atoms with Gasteiger partial charge in [0.2, 0.25) is 5.89 Å². The molecule has 0 fully saturated rings. The highest BCUT2D eigenvalue weighted by molar-refractivity contribution is 6.05. The molecule has 0 atom stereocenters. The average Bonchev–Trinajstić information content (AvgIpc) is 3.10. The number of nitrogens with one attached hydrogen (secondary N) is 1. The number of hydrogen-bond donors (Lipinski definition) is 1. The lowest BCUT2D eigenvalue weighted by molar-refractivity contribution is -0.384. The Hall–Kier alpha value is -3.75. The van der Waals surface area contributed by atoms with E-state index in [-0.39, 0.29) is 17.6 Å². The summed E-state index contributed by atoms with van der Waals surface area (Å²) in [5.74, 6) is 0.0803. The number of carbonyl (C=O) groups is 1. The van der Waals surface area contributed by atoms with E-state index in [1.165, 1.54) is 31.4 Å². The van der Waals surface area contributed by atoms with Gasteiger partial charge in [-0.25, -0.2) is 0 Å². The summed E-state index contributed by atoms with van der Waals surface area (Å²) in [4.78, 5) is 22.4. The second-order valence-electron chi connectivity index (χ2n) is 4.87. The van der Waals surface area contributed by atoms with Crippen molar-refractivity contribution in [3.05, 3.63) is 64.2 Å². The molecule has 0 unspecified atom stereocenters. The number of nitro groups is 1. The van der Waals surface area contributed by atoms with Gasteiger partial charge in [0.1, 0.15) is 5.75 Å². The van der Waals surface area contributed by atoms with Crippen molar-refractivity contribution in [3.8, 4) is 17.2 Å². The number of rotatable bonds is 5. The van der Waals surface area contributed by atoms with E-state index in [2.05, 4.69) is 15.5 Å². The lowest BCUT2D eigenvalue weighted by Gasteiger charge is -2.06. The standard InChI is InChI=1S/C16H12N4O5/c1-24-13-5-3-2-4-12(13)14(21)17-16-19-18-15(25-16)10-6-8-11(9-7-10)20(22)23/h2-9H,1H3,(H,17,19,21). The normalized spacial score (nSPS) is 10.3. The van der Waals surface area contributed by atoms with E-state index in [1.807, 2.05) is 0 Å². The van der Waals surface area contributed by atoms with Gasteiger partial charge >= 0.3 is 6.01 Å². The van der Waals surface area contributed by atoms with Crippen LogP contribution in [-0.2, 0) is 0 Å². The Morgan fingerprint density at radius 3 is 2.56 bits per heavy atom. The van der Waals surface area contributed by atoms with Crippen molar-refractivity contribution in [1.29, 1.82) is 0 Å². The molecule has 0 saturated heterocycles. The molecule has 1 amide bonds. The van der Waals surface area contributed by atoms with Crippen LogP contribution in [-0.4, -0.2) is 28.1 Å². The molecule has 0 aliphatic carbocycles. The first-order valence-corrected chi connectivity index (χ1v) is 7.11. The van der Waals surface area contributed by atoms with Crippen molar-refractivity contribution in [2.24, 2.45) is 0 Å². The molecule has 1 heterocycles. The predicted molar refractivity (Wildman–Crippen MR) is 87.3 cm³/mol.